The molecule has 1 N–H and O–H groups in total. The monoisotopic (exact) mass is 240 g/mol. The van der Waals surface area contributed by atoms with Crippen LogP contribution in [0, 0.1) is 5.92 Å². The number of thiazole rings is 1. The molecule has 1 rings (SSSR count). The lowest BCUT2D eigenvalue weighted by Gasteiger charge is -2.16. The van der Waals surface area contributed by atoms with Gasteiger partial charge in [0.25, 0.3) is 0 Å². The summed E-state index contributed by atoms with van der Waals surface area (Å²) in [6.07, 6.45) is 0. The van der Waals surface area contributed by atoms with Crippen molar-refractivity contribution in [2.24, 2.45) is 5.92 Å². The first kappa shape index (κ1) is 13.7. The van der Waals surface area contributed by atoms with Crippen LogP contribution in [0.2, 0.25) is 0 Å². The molecule has 0 spiro atoms. The first-order valence-electron chi connectivity index (χ1n) is 5.99. The Kier molecular flexibility index (Phi) is 4.51. The van der Waals surface area contributed by atoms with Gasteiger partial charge < -0.3 is 5.32 Å². The second-order valence-electron chi connectivity index (χ2n) is 5.79. The van der Waals surface area contributed by atoms with Crippen LogP contribution in [0.3, 0.4) is 0 Å². The molecule has 0 amide bonds. The molecule has 0 aliphatic heterocycles. The Morgan fingerprint density at radius 1 is 1.31 bits per heavy atom. The van der Waals surface area contributed by atoms with Gasteiger partial charge in [0.1, 0.15) is 5.01 Å². The molecule has 0 radical (unpaired) electrons. The highest BCUT2D eigenvalue weighted by Gasteiger charge is 2.17. The first-order chi connectivity index (χ1) is 7.30. The summed E-state index contributed by atoms with van der Waals surface area (Å²) in [6.45, 7) is 14.2. The molecule has 1 aromatic heterocycles. The molecule has 3 heteroatoms. The molecule has 1 aromatic rings. The van der Waals surface area contributed by atoms with E-state index in [2.05, 4.69) is 57.2 Å². The van der Waals surface area contributed by atoms with Crippen molar-refractivity contribution in [2.45, 2.75) is 59.5 Å². The van der Waals surface area contributed by atoms with Gasteiger partial charge in [0.2, 0.25) is 0 Å². The third-order valence-corrected chi connectivity index (χ3v) is 3.74. The van der Waals surface area contributed by atoms with Crippen LogP contribution in [0.5, 0.6) is 0 Å². The van der Waals surface area contributed by atoms with Gasteiger partial charge >= 0.3 is 0 Å². The maximum absolute atomic E-state index is 4.67. The van der Waals surface area contributed by atoms with E-state index in [1.54, 1.807) is 11.3 Å². The smallest absolute Gasteiger partial charge is 0.107 e. The molecular weight excluding hydrogens is 216 g/mol. The summed E-state index contributed by atoms with van der Waals surface area (Å²) in [5.74, 6) is 0.669. The number of aromatic nitrogens is 1. The van der Waals surface area contributed by atoms with Crippen LogP contribution in [-0.4, -0.2) is 11.0 Å². The van der Waals surface area contributed by atoms with Crippen LogP contribution in [0.1, 0.15) is 52.2 Å². The van der Waals surface area contributed by atoms with Gasteiger partial charge in [-0.3, -0.25) is 0 Å². The molecule has 16 heavy (non-hydrogen) atoms. The highest BCUT2D eigenvalue weighted by atomic mass is 32.1. The maximum atomic E-state index is 4.67. The van der Waals surface area contributed by atoms with E-state index < -0.39 is 0 Å². The van der Waals surface area contributed by atoms with Crippen molar-refractivity contribution in [1.82, 2.24) is 10.3 Å². The van der Waals surface area contributed by atoms with Crippen molar-refractivity contribution in [3.05, 3.63) is 16.1 Å². The fourth-order valence-electron chi connectivity index (χ4n) is 1.22. The van der Waals surface area contributed by atoms with Crippen molar-refractivity contribution in [3.8, 4) is 0 Å². The Hall–Kier alpha value is -0.410. The molecule has 1 atom stereocenters. The minimum absolute atomic E-state index is 0.165. The SMILES string of the molecule is CC(C)C(C)NCc1nc(C(C)(C)C)cs1. The van der Waals surface area contributed by atoms with Gasteiger partial charge in [-0.05, 0) is 12.8 Å². The summed E-state index contributed by atoms with van der Waals surface area (Å²) < 4.78 is 0. The molecule has 92 valence electrons. The zero-order valence-corrected chi connectivity index (χ0v) is 12.1. The van der Waals surface area contributed by atoms with Crippen LogP contribution in [-0.2, 0) is 12.0 Å². The fourth-order valence-corrected chi connectivity index (χ4v) is 2.19. The Morgan fingerprint density at radius 3 is 2.38 bits per heavy atom. The van der Waals surface area contributed by atoms with Crippen LogP contribution < -0.4 is 5.32 Å². The second kappa shape index (κ2) is 5.28. The standard InChI is InChI=1S/C13H24N2S/c1-9(2)10(3)14-7-12-15-11(8-16-12)13(4,5)6/h8-10,14H,7H2,1-6H3. The van der Waals surface area contributed by atoms with Gasteiger partial charge in [-0.15, -0.1) is 11.3 Å². The fraction of sp³-hybridized carbons (Fsp3) is 0.769. The Balaban J connectivity index is 2.53. The van der Waals surface area contributed by atoms with Crippen LogP contribution in [0.25, 0.3) is 0 Å². The summed E-state index contributed by atoms with van der Waals surface area (Å²) in [5.41, 5.74) is 1.37. The highest BCUT2D eigenvalue weighted by molar-refractivity contribution is 7.09. The van der Waals surface area contributed by atoms with E-state index in [0.717, 1.165) is 6.54 Å². The molecule has 0 saturated heterocycles. The second-order valence-corrected chi connectivity index (χ2v) is 6.73. The van der Waals surface area contributed by atoms with Gasteiger partial charge in [-0.2, -0.15) is 0 Å². The summed E-state index contributed by atoms with van der Waals surface area (Å²) >= 11 is 1.76. The average molecular weight is 240 g/mol. The predicted octanol–water partition coefficient (Wildman–Crippen LogP) is 3.57. The lowest BCUT2D eigenvalue weighted by Crippen LogP contribution is -2.30. The van der Waals surface area contributed by atoms with E-state index in [-0.39, 0.29) is 5.41 Å². The van der Waals surface area contributed by atoms with Crippen molar-refractivity contribution >= 4 is 11.3 Å². The third-order valence-electron chi connectivity index (χ3n) is 2.90. The zero-order chi connectivity index (χ0) is 12.3. The van der Waals surface area contributed by atoms with Crippen molar-refractivity contribution in [1.29, 1.82) is 0 Å². The van der Waals surface area contributed by atoms with Crippen LogP contribution in [0.15, 0.2) is 5.38 Å². The molecule has 2 nitrogen and oxygen atoms in total. The van der Waals surface area contributed by atoms with Crippen molar-refractivity contribution in [3.63, 3.8) is 0 Å². The largest absolute Gasteiger partial charge is 0.308 e. The molecule has 0 aliphatic carbocycles. The number of hydrogen-bond donors (Lipinski definition) is 1. The molecule has 0 bridgehead atoms. The average Bonchev–Trinajstić information content (AvgIpc) is 2.61. The summed E-state index contributed by atoms with van der Waals surface area (Å²) in [5, 5.41) is 6.88. The summed E-state index contributed by atoms with van der Waals surface area (Å²) in [6, 6.07) is 0.544. The summed E-state index contributed by atoms with van der Waals surface area (Å²) in [4.78, 5) is 4.67. The molecule has 0 aliphatic rings. The molecule has 0 fully saturated rings. The molecule has 0 aromatic carbocycles. The van der Waals surface area contributed by atoms with E-state index in [0.29, 0.717) is 12.0 Å². The lowest BCUT2D eigenvalue weighted by atomic mass is 9.93. The molecular formula is C13H24N2S. The Morgan fingerprint density at radius 2 is 1.94 bits per heavy atom. The zero-order valence-electron chi connectivity index (χ0n) is 11.3. The quantitative estimate of drug-likeness (QED) is 0.870. The normalized spacial score (nSPS) is 14.4. The molecule has 0 saturated carbocycles. The van der Waals surface area contributed by atoms with E-state index >= 15 is 0 Å². The van der Waals surface area contributed by atoms with Gasteiger partial charge in [0.05, 0.1) is 5.69 Å². The van der Waals surface area contributed by atoms with E-state index in [1.165, 1.54) is 10.7 Å². The van der Waals surface area contributed by atoms with Crippen LogP contribution in [0.4, 0.5) is 0 Å². The Labute approximate surface area is 103 Å². The predicted molar refractivity (Wildman–Crippen MR) is 72.0 cm³/mol. The first-order valence-corrected chi connectivity index (χ1v) is 6.87. The van der Waals surface area contributed by atoms with Crippen LogP contribution >= 0.6 is 11.3 Å². The number of nitrogens with one attached hydrogen (secondary N) is 1. The minimum Gasteiger partial charge on any atom is -0.308 e. The Bertz CT molecular complexity index is 323. The van der Waals surface area contributed by atoms with Gasteiger partial charge in [-0.25, -0.2) is 4.98 Å². The summed E-state index contributed by atoms with van der Waals surface area (Å²) in [7, 11) is 0. The van der Waals surface area contributed by atoms with E-state index in [1.807, 2.05) is 0 Å². The van der Waals surface area contributed by atoms with Gasteiger partial charge in [0.15, 0.2) is 0 Å². The number of rotatable bonds is 4. The topological polar surface area (TPSA) is 24.9 Å². The van der Waals surface area contributed by atoms with Gasteiger partial charge in [-0.1, -0.05) is 34.6 Å². The lowest BCUT2D eigenvalue weighted by molar-refractivity contribution is 0.425. The maximum Gasteiger partial charge on any atom is 0.107 e. The van der Waals surface area contributed by atoms with E-state index in [9.17, 15) is 0 Å². The van der Waals surface area contributed by atoms with Gasteiger partial charge in [0, 0.05) is 23.4 Å². The van der Waals surface area contributed by atoms with Crippen molar-refractivity contribution < 1.29 is 0 Å². The number of hydrogen-bond acceptors (Lipinski definition) is 3. The van der Waals surface area contributed by atoms with Crippen molar-refractivity contribution in [2.75, 3.05) is 0 Å². The number of nitrogens with zero attached hydrogens (tertiary/aromatic N) is 1. The molecule has 1 heterocycles. The minimum atomic E-state index is 0.165. The highest BCUT2D eigenvalue weighted by Crippen LogP contribution is 2.23. The molecule has 1 unspecified atom stereocenters. The third kappa shape index (κ3) is 3.87. The van der Waals surface area contributed by atoms with E-state index in [4.69, 9.17) is 0 Å².